The molecule has 1 unspecified atom stereocenters. The Balaban J connectivity index is 2.91. The highest BCUT2D eigenvalue weighted by atomic mass is 32.2. The van der Waals surface area contributed by atoms with Crippen LogP contribution in [0.4, 0.5) is 0 Å². The lowest BCUT2D eigenvalue weighted by molar-refractivity contribution is 0.0191. The van der Waals surface area contributed by atoms with E-state index in [-0.39, 0.29) is 6.10 Å². The van der Waals surface area contributed by atoms with E-state index in [9.17, 15) is 0 Å². The minimum atomic E-state index is 0.205. The van der Waals surface area contributed by atoms with E-state index in [1.54, 1.807) is 7.11 Å². The predicted octanol–water partition coefficient (Wildman–Crippen LogP) is 1.12. The summed E-state index contributed by atoms with van der Waals surface area (Å²) < 4.78 is 10.4. The van der Waals surface area contributed by atoms with Gasteiger partial charge in [-0.05, 0) is 19.1 Å². The van der Waals surface area contributed by atoms with Gasteiger partial charge >= 0.3 is 0 Å². The average Bonchev–Trinajstić information content (AvgIpc) is 2.16. The summed E-state index contributed by atoms with van der Waals surface area (Å²) in [5.41, 5.74) is 5.36. The van der Waals surface area contributed by atoms with Crippen LogP contribution in [0.3, 0.4) is 0 Å². The molecule has 0 aromatic heterocycles. The number of ether oxygens (including phenoxy) is 2. The molecule has 0 rings (SSSR count). The summed E-state index contributed by atoms with van der Waals surface area (Å²) in [6.07, 6.45) is 1.30. The first-order chi connectivity index (χ1) is 6.31. The molecule has 0 saturated heterocycles. The van der Waals surface area contributed by atoms with Crippen molar-refractivity contribution < 1.29 is 9.47 Å². The number of rotatable bonds is 9. The van der Waals surface area contributed by atoms with Crippen LogP contribution in [0.15, 0.2) is 0 Å². The van der Waals surface area contributed by atoms with E-state index in [1.165, 1.54) is 0 Å². The van der Waals surface area contributed by atoms with Crippen molar-refractivity contribution in [2.75, 3.05) is 38.4 Å². The molecule has 0 aliphatic rings. The van der Waals surface area contributed by atoms with Crippen molar-refractivity contribution in [1.29, 1.82) is 0 Å². The zero-order valence-electron chi connectivity index (χ0n) is 8.62. The van der Waals surface area contributed by atoms with Crippen molar-refractivity contribution in [3.8, 4) is 0 Å². The summed E-state index contributed by atoms with van der Waals surface area (Å²) in [7, 11) is 1.70. The Hall–Kier alpha value is 0.230. The van der Waals surface area contributed by atoms with Crippen LogP contribution < -0.4 is 5.73 Å². The summed E-state index contributed by atoms with van der Waals surface area (Å²) in [6.45, 7) is 4.29. The standard InChI is InChI=1S/C9H21NO2S/c1-9(11-2)8-12-5-3-6-13-7-4-10/h9H,3-8,10H2,1-2H3. The highest BCUT2D eigenvalue weighted by Gasteiger charge is 1.97. The Bertz CT molecular complexity index is 104. The Labute approximate surface area is 85.3 Å². The van der Waals surface area contributed by atoms with Crippen molar-refractivity contribution in [2.45, 2.75) is 19.4 Å². The second-order valence-corrected chi connectivity index (χ2v) is 4.10. The van der Waals surface area contributed by atoms with Gasteiger partial charge in [-0.25, -0.2) is 0 Å². The Kier molecular flexibility index (Phi) is 10.5. The van der Waals surface area contributed by atoms with E-state index in [1.807, 2.05) is 18.7 Å². The van der Waals surface area contributed by atoms with Crippen molar-refractivity contribution in [2.24, 2.45) is 5.73 Å². The number of nitrogens with two attached hydrogens (primary N) is 1. The number of hydrogen-bond acceptors (Lipinski definition) is 4. The minimum absolute atomic E-state index is 0.205. The number of hydrogen-bond donors (Lipinski definition) is 1. The molecule has 0 radical (unpaired) electrons. The van der Waals surface area contributed by atoms with Crippen LogP contribution in [-0.2, 0) is 9.47 Å². The van der Waals surface area contributed by atoms with Gasteiger partial charge in [-0.15, -0.1) is 0 Å². The first kappa shape index (κ1) is 13.2. The van der Waals surface area contributed by atoms with Gasteiger partial charge in [-0.1, -0.05) is 0 Å². The molecule has 0 heterocycles. The van der Waals surface area contributed by atoms with Gasteiger partial charge in [-0.3, -0.25) is 0 Å². The van der Waals surface area contributed by atoms with E-state index in [0.717, 1.165) is 31.1 Å². The van der Waals surface area contributed by atoms with Gasteiger partial charge in [0.25, 0.3) is 0 Å². The fourth-order valence-electron chi connectivity index (χ4n) is 0.766. The van der Waals surface area contributed by atoms with E-state index in [2.05, 4.69) is 0 Å². The van der Waals surface area contributed by atoms with Crippen LogP contribution in [0.1, 0.15) is 13.3 Å². The monoisotopic (exact) mass is 207 g/mol. The fourth-order valence-corrected chi connectivity index (χ4v) is 1.46. The van der Waals surface area contributed by atoms with Gasteiger partial charge in [0.2, 0.25) is 0 Å². The highest BCUT2D eigenvalue weighted by Crippen LogP contribution is 2.01. The summed E-state index contributed by atoms with van der Waals surface area (Å²) >= 11 is 1.88. The fraction of sp³-hybridized carbons (Fsp3) is 1.00. The van der Waals surface area contributed by atoms with E-state index in [0.29, 0.717) is 6.61 Å². The van der Waals surface area contributed by atoms with Crippen molar-refractivity contribution in [1.82, 2.24) is 0 Å². The minimum Gasteiger partial charge on any atom is -0.379 e. The molecule has 0 fully saturated rings. The molecule has 13 heavy (non-hydrogen) atoms. The maximum atomic E-state index is 5.40. The molecule has 1 atom stereocenters. The highest BCUT2D eigenvalue weighted by molar-refractivity contribution is 7.99. The summed E-state index contributed by atoms with van der Waals surface area (Å²) in [4.78, 5) is 0. The third-order valence-electron chi connectivity index (χ3n) is 1.59. The van der Waals surface area contributed by atoms with Gasteiger partial charge in [0.15, 0.2) is 0 Å². The molecular weight excluding hydrogens is 186 g/mol. The molecule has 0 aliphatic carbocycles. The number of methoxy groups -OCH3 is 1. The van der Waals surface area contributed by atoms with Gasteiger partial charge < -0.3 is 15.2 Å². The molecular formula is C9H21NO2S. The third-order valence-corrected chi connectivity index (χ3v) is 2.70. The molecule has 0 aliphatic heterocycles. The zero-order valence-corrected chi connectivity index (χ0v) is 9.44. The molecule has 2 N–H and O–H groups in total. The molecule has 0 bridgehead atoms. The quantitative estimate of drug-likeness (QED) is 0.575. The molecule has 0 aromatic rings. The van der Waals surface area contributed by atoms with E-state index in [4.69, 9.17) is 15.2 Å². The van der Waals surface area contributed by atoms with Gasteiger partial charge in [0, 0.05) is 26.0 Å². The largest absolute Gasteiger partial charge is 0.379 e. The van der Waals surface area contributed by atoms with Crippen LogP contribution in [-0.4, -0.2) is 44.5 Å². The summed E-state index contributed by atoms with van der Waals surface area (Å²) in [5.74, 6) is 2.19. The molecule has 0 saturated carbocycles. The Morgan fingerprint density at radius 1 is 1.38 bits per heavy atom. The van der Waals surface area contributed by atoms with Gasteiger partial charge in [0.05, 0.1) is 12.7 Å². The van der Waals surface area contributed by atoms with Crippen LogP contribution in [0, 0.1) is 0 Å². The normalized spacial score (nSPS) is 13.2. The first-order valence-corrected chi connectivity index (χ1v) is 5.85. The Morgan fingerprint density at radius 3 is 2.77 bits per heavy atom. The molecule has 0 amide bonds. The number of thioether (sulfide) groups is 1. The van der Waals surface area contributed by atoms with Crippen LogP contribution in [0.5, 0.6) is 0 Å². The van der Waals surface area contributed by atoms with Gasteiger partial charge in [0.1, 0.15) is 0 Å². The Morgan fingerprint density at radius 2 is 2.15 bits per heavy atom. The molecule has 0 aromatic carbocycles. The summed E-state index contributed by atoms with van der Waals surface area (Å²) in [6, 6.07) is 0. The molecule has 0 spiro atoms. The van der Waals surface area contributed by atoms with Crippen molar-refractivity contribution in [3.05, 3.63) is 0 Å². The third kappa shape index (κ3) is 10.1. The van der Waals surface area contributed by atoms with Crippen LogP contribution in [0.2, 0.25) is 0 Å². The topological polar surface area (TPSA) is 44.5 Å². The predicted molar refractivity (Wildman–Crippen MR) is 58.3 cm³/mol. The lowest BCUT2D eigenvalue weighted by Gasteiger charge is -2.09. The average molecular weight is 207 g/mol. The molecule has 4 heteroatoms. The second kappa shape index (κ2) is 10.3. The summed E-state index contributed by atoms with van der Waals surface area (Å²) in [5, 5.41) is 0. The van der Waals surface area contributed by atoms with Gasteiger partial charge in [-0.2, -0.15) is 11.8 Å². The van der Waals surface area contributed by atoms with E-state index < -0.39 is 0 Å². The lowest BCUT2D eigenvalue weighted by atomic mass is 10.4. The van der Waals surface area contributed by atoms with Crippen LogP contribution in [0.25, 0.3) is 0 Å². The van der Waals surface area contributed by atoms with Crippen LogP contribution >= 0.6 is 11.8 Å². The SMILES string of the molecule is COC(C)COCCCSCCN. The first-order valence-electron chi connectivity index (χ1n) is 4.69. The second-order valence-electron chi connectivity index (χ2n) is 2.88. The lowest BCUT2D eigenvalue weighted by Crippen LogP contribution is -2.14. The van der Waals surface area contributed by atoms with Crippen molar-refractivity contribution >= 4 is 11.8 Å². The maximum Gasteiger partial charge on any atom is 0.0776 e. The maximum absolute atomic E-state index is 5.40. The zero-order chi connectivity index (χ0) is 9.94. The van der Waals surface area contributed by atoms with Crippen molar-refractivity contribution in [3.63, 3.8) is 0 Å². The smallest absolute Gasteiger partial charge is 0.0776 e. The molecule has 3 nitrogen and oxygen atoms in total. The van der Waals surface area contributed by atoms with E-state index >= 15 is 0 Å². The molecule has 80 valence electrons.